The maximum Gasteiger partial charge on any atom is 0.419 e. The first kappa shape index (κ1) is 15.3. The van der Waals surface area contributed by atoms with E-state index >= 15 is 0 Å². The summed E-state index contributed by atoms with van der Waals surface area (Å²) in [7, 11) is 0. The fraction of sp³-hybridized carbons (Fsp3) is 0.600. The van der Waals surface area contributed by atoms with E-state index in [1.807, 2.05) is 6.92 Å². The Morgan fingerprint density at radius 1 is 1.30 bits per heavy atom. The molecule has 1 aliphatic rings. The summed E-state index contributed by atoms with van der Waals surface area (Å²) in [6, 6.07) is 3.18. The number of hydrogen-bond acceptors (Lipinski definition) is 1. The summed E-state index contributed by atoms with van der Waals surface area (Å²) in [5, 5.41) is 3.33. The molecule has 1 atom stereocenters. The smallest absolute Gasteiger partial charge is 0.309 e. The maximum absolute atomic E-state index is 13.7. The molecular weight excluding hydrogens is 270 g/mol. The van der Waals surface area contributed by atoms with Gasteiger partial charge in [-0.2, -0.15) is 13.2 Å². The number of hydrogen-bond donors (Lipinski definition) is 1. The average Bonchev–Trinajstić information content (AvgIpc) is 3.07. The fourth-order valence-corrected chi connectivity index (χ4v) is 2.48. The van der Waals surface area contributed by atoms with Gasteiger partial charge >= 0.3 is 6.18 Å². The minimum atomic E-state index is -4.64. The Morgan fingerprint density at radius 3 is 2.40 bits per heavy atom. The molecule has 20 heavy (non-hydrogen) atoms. The molecule has 112 valence electrons. The summed E-state index contributed by atoms with van der Waals surface area (Å²) in [4.78, 5) is 0. The molecule has 5 heteroatoms. The first-order valence-electron chi connectivity index (χ1n) is 6.88. The number of nitrogens with one attached hydrogen (secondary N) is 1. The zero-order valence-corrected chi connectivity index (χ0v) is 11.6. The summed E-state index contributed by atoms with van der Waals surface area (Å²) in [5.74, 6) is -1.19. The molecular formula is C15H19F4N. The van der Waals surface area contributed by atoms with Crippen LogP contribution in [0.1, 0.15) is 50.3 Å². The van der Waals surface area contributed by atoms with E-state index in [0.29, 0.717) is 5.56 Å². The van der Waals surface area contributed by atoms with E-state index in [2.05, 4.69) is 12.2 Å². The quantitative estimate of drug-likeness (QED) is 0.776. The van der Waals surface area contributed by atoms with Crippen LogP contribution in [0.2, 0.25) is 0 Å². The van der Waals surface area contributed by atoms with Crippen molar-refractivity contribution in [3.8, 4) is 0 Å². The first-order valence-corrected chi connectivity index (χ1v) is 6.88. The van der Waals surface area contributed by atoms with Crippen LogP contribution in [0.5, 0.6) is 0 Å². The highest BCUT2D eigenvalue weighted by Gasteiger charge is 2.45. The van der Waals surface area contributed by atoms with Crippen LogP contribution in [0.25, 0.3) is 0 Å². The molecule has 0 heterocycles. The van der Waals surface area contributed by atoms with Crippen LogP contribution < -0.4 is 5.32 Å². The predicted octanol–water partition coefficient (Wildman–Crippen LogP) is 4.69. The Morgan fingerprint density at radius 2 is 1.95 bits per heavy atom. The van der Waals surface area contributed by atoms with Gasteiger partial charge in [0, 0.05) is 6.04 Å². The van der Waals surface area contributed by atoms with Crippen molar-refractivity contribution in [3.05, 3.63) is 35.1 Å². The summed E-state index contributed by atoms with van der Waals surface area (Å²) in [6.45, 7) is 4.87. The molecule has 1 aromatic rings. The van der Waals surface area contributed by atoms with Gasteiger partial charge in [0.05, 0.1) is 5.56 Å². The zero-order chi connectivity index (χ0) is 15.0. The molecule has 0 amide bonds. The van der Waals surface area contributed by atoms with Gasteiger partial charge in [-0.05, 0) is 48.9 Å². The Labute approximate surface area is 116 Å². The molecule has 0 aromatic heterocycles. The van der Waals surface area contributed by atoms with Crippen molar-refractivity contribution in [2.75, 3.05) is 6.54 Å². The Bertz CT molecular complexity index is 477. The van der Waals surface area contributed by atoms with Gasteiger partial charge in [0.25, 0.3) is 0 Å². The van der Waals surface area contributed by atoms with Crippen molar-refractivity contribution in [1.29, 1.82) is 0 Å². The molecule has 1 aliphatic carbocycles. The number of rotatable bonds is 5. The van der Waals surface area contributed by atoms with Gasteiger partial charge in [-0.25, -0.2) is 4.39 Å². The minimum absolute atomic E-state index is 0.0291. The van der Waals surface area contributed by atoms with E-state index < -0.39 is 17.6 Å². The topological polar surface area (TPSA) is 12.0 Å². The van der Waals surface area contributed by atoms with Crippen LogP contribution in [-0.2, 0) is 6.18 Å². The predicted molar refractivity (Wildman–Crippen MR) is 69.8 cm³/mol. The second kappa shape index (κ2) is 5.35. The highest BCUT2D eigenvalue weighted by Crippen LogP contribution is 2.54. The molecule has 1 N–H and O–H groups in total. The molecule has 1 saturated carbocycles. The van der Waals surface area contributed by atoms with Crippen LogP contribution in [0, 0.1) is 11.2 Å². The largest absolute Gasteiger partial charge is 0.419 e. The lowest BCUT2D eigenvalue weighted by Crippen LogP contribution is -2.29. The summed E-state index contributed by atoms with van der Waals surface area (Å²) >= 11 is 0. The number of benzene rings is 1. The monoisotopic (exact) mass is 289 g/mol. The highest BCUT2D eigenvalue weighted by molar-refractivity contribution is 5.30. The van der Waals surface area contributed by atoms with Crippen molar-refractivity contribution in [2.24, 2.45) is 5.41 Å². The van der Waals surface area contributed by atoms with E-state index in [1.165, 1.54) is 6.07 Å². The van der Waals surface area contributed by atoms with Gasteiger partial charge in [0.15, 0.2) is 0 Å². The van der Waals surface area contributed by atoms with E-state index in [1.54, 1.807) is 0 Å². The summed E-state index contributed by atoms with van der Waals surface area (Å²) < 4.78 is 51.4. The van der Waals surface area contributed by atoms with Gasteiger partial charge < -0.3 is 5.32 Å². The van der Waals surface area contributed by atoms with Crippen LogP contribution in [0.4, 0.5) is 17.6 Å². The van der Waals surface area contributed by atoms with Crippen molar-refractivity contribution in [3.63, 3.8) is 0 Å². The van der Waals surface area contributed by atoms with Crippen molar-refractivity contribution >= 4 is 0 Å². The first-order chi connectivity index (χ1) is 9.28. The third-order valence-corrected chi connectivity index (χ3v) is 3.97. The Balaban J connectivity index is 2.28. The molecule has 0 bridgehead atoms. The average molecular weight is 289 g/mol. The SMILES string of the molecule is CCCNC(c1ccc(C(F)(F)F)c(F)c1)C1(C)CC1. The standard InChI is InChI=1S/C15H19F4N/c1-3-8-20-13(14(2)6-7-14)10-4-5-11(12(16)9-10)15(17,18)19/h4-5,9,13,20H,3,6-8H2,1-2H3. The van der Waals surface area contributed by atoms with Crippen molar-refractivity contribution in [2.45, 2.75) is 45.3 Å². The van der Waals surface area contributed by atoms with Crippen LogP contribution in [-0.4, -0.2) is 6.54 Å². The van der Waals surface area contributed by atoms with E-state index in [9.17, 15) is 17.6 Å². The number of halogens is 4. The fourth-order valence-electron chi connectivity index (χ4n) is 2.48. The molecule has 1 fully saturated rings. The number of alkyl halides is 3. The molecule has 1 nitrogen and oxygen atoms in total. The van der Waals surface area contributed by atoms with Crippen molar-refractivity contribution < 1.29 is 17.6 Å². The molecule has 2 rings (SSSR count). The lowest BCUT2D eigenvalue weighted by atomic mass is 9.91. The maximum atomic E-state index is 13.7. The van der Waals surface area contributed by atoms with Gasteiger partial charge in [0.2, 0.25) is 0 Å². The zero-order valence-electron chi connectivity index (χ0n) is 11.6. The third kappa shape index (κ3) is 3.14. The van der Waals surface area contributed by atoms with Gasteiger partial charge in [-0.3, -0.25) is 0 Å². The molecule has 1 aromatic carbocycles. The Kier molecular flexibility index (Phi) is 4.09. The van der Waals surface area contributed by atoms with Crippen LogP contribution in [0.15, 0.2) is 18.2 Å². The highest BCUT2D eigenvalue weighted by atomic mass is 19.4. The van der Waals surface area contributed by atoms with Gasteiger partial charge in [0.1, 0.15) is 5.82 Å². The molecule has 0 spiro atoms. The van der Waals surface area contributed by atoms with Crippen LogP contribution in [0.3, 0.4) is 0 Å². The summed E-state index contributed by atoms with van der Waals surface area (Å²) in [5.41, 5.74) is -0.568. The minimum Gasteiger partial charge on any atom is -0.309 e. The normalized spacial score (nSPS) is 18.9. The summed E-state index contributed by atoms with van der Waals surface area (Å²) in [6.07, 6.45) is -1.69. The van der Waals surface area contributed by atoms with Crippen LogP contribution >= 0.6 is 0 Å². The molecule has 1 unspecified atom stereocenters. The molecule has 0 radical (unpaired) electrons. The lowest BCUT2D eigenvalue weighted by molar-refractivity contribution is -0.140. The lowest BCUT2D eigenvalue weighted by Gasteiger charge is -2.26. The molecule has 0 saturated heterocycles. The van der Waals surface area contributed by atoms with Gasteiger partial charge in [-0.15, -0.1) is 0 Å². The Hall–Kier alpha value is -1.10. The second-order valence-corrected chi connectivity index (χ2v) is 5.78. The second-order valence-electron chi connectivity index (χ2n) is 5.78. The van der Waals surface area contributed by atoms with Crippen molar-refractivity contribution in [1.82, 2.24) is 5.32 Å². The molecule has 0 aliphatic heterocycles. The van der Waals surface area contributed by atoms with Gasteiger partial charge in [-0.1, -0.05) is 19.9 Å². The van der Waals surface area contributed by atoms with E-state index in [4.69, 9.17) is 0 Å². The van der Waals surface area contributed by atoms with E-state index in [0.717, 1.165) is 37.9 Å². The van der Waals surface area contributed by atoms with E-state index in [-0.39, 0.29) is 11.5 Å². The third-order valence-electron chi connectivity index (χ3n) is 3.97.